The number of methoxy groups -OCH3 is 1. The number of rotatable bonds is 6. The van der Waals surface area contributed by atoms with Gasteiger partial charge < -0.3 is 20.6 Å². The van der Waals surface area contributed by atoms with Crippen LogP contribution in [0.3, 0.4) is 0 Å². The van der Waals surface area contributed by atoms with E-state index in [1.807, 2.05) is 18.2 Å². The molecule has 1 heterocycles. The first-order valence-corrected chi connectivity index (χ1v) is 8.17. The van der Waals surface area contributed by atoms with Crippen LogP contribution in [0.4, 0.5) is 5.69 Å². The molecule has 21 heavy (non-hydrogen) atoms. The Labute approximate surface area is 130 Å². The van der Waals surface area contributed by atoms with Crippen LogP contribution in [0.2, 0.25) is 0 Å². The summed E-state index contributed by atoms with van der Waals surface area (Å²) < 4.78 is 5.25. The summed E-state index contributed by atoms with van der Waals surface area (Å²) in [5.74, 6) is 1.66. The number of benzene rings is 1. The first-order valence-electron chi connectivity index (χ1n) is 7.18. The Balaban J connectivity index is 2.33. The number of hydrogen-bond acceptors (Lipinski definition) is 5. The van der Waals surface area contributed by atoms with Gasteiger partial charge in [-0.15, -0.1) is 11.8 Å². The molecule has 6 heteroatoms. The maximum absolute atomic E-state index is 9.10. The maximum atomic E-state index is 9.10. The van der Waals surface area contributed by atoms with Crippen molar-refractivity contribution in [1.29, 1.82) is 0 Å². The van der Waals surface area contributed by atoms with Crippen LogP contribution in [0, 0.1) is 5.92 Å². The first kappa shape index (κ1) is 16.0. The number of ether oxygens (including phenoxy) is 1. The second kappa shape index (κ2) is 7.56. The van der Waals surface area contributed by atoms with Crippen LogP contribution in [0.25, 0.3) is 0 Å². The number of nitrogens with zero attached hydrogens (tertiary/aromatic N) is 2. The van der Waals surface area contributed by atoms with Gasteiger partial charge in [0.1, 0.15) is 0 Å². The van der Waals surface area contributed by atoms with E-state index in [-0.39, 0.29) is 5.84 Å². The van der Waals surface area contributed by atoms with Gasteiger partial charge in [0.15, 0.2) is 5.84 Å². The van der Waals surface area contributed by atoms with Crippen LogP contribution >= 0.6 is 11.8 Å². The van der Waals surface area contributed by atoms with Crippen molar-refractivity contribution >= 4 is 23.3 Å². The average molecular weight is 309 g/mol. The summed E-state index contributed by atoms with van der Waals surface area (Å²) in [7, 11) is 1.74. The van der Waals surface area contributed by atoms with E-state index in [9.17, 15) is 0 Å². The predicted molar refractivity (Wildman–Crippen MR) is 87.5 cm³/mol. The summed E-state index contributed by atoms with van der Waals surface area (Å²) >= 11 is 1.71. The van der Waals surface area contributed by atoms with Crippen molar-refractivity contribution in [3.05, 3.63) is 23.8 Å². The van der Waals surface area contributed by atoms with E-state index in [1.165, 1.54) is 0 Å². The molecule has 1 aliphatic heterocycles. The van der Waals surface area contributed by atoms with E-state index >= 15 is 0 Å². The van der Waals surface area contributed by atoms with Crippen LogP contribution in [-0.4, -0.2) is 43.6 Å². The van der Waals surface area contributed by atoms with Crippen molar-refractivity contribution in [3.63, 3.8) is 0 Å². The summed E-state index contributed by atoms with van der Waals surface area (Å²) in [6, 6.07) is 6.10. The summed E-state index contributed by atoms with van der Waals surface area (Å²) in [6.45, 7) is 4.79. The van der Waals surface area contributed by atoms with Gasteiger partial charge in [0.05, 0.1) is 12.2 Å². The number of anilines is 1. The highest BCUT2D eigenvalue weighted by Gasteiger charge is 2.26. The lowest BCUT2D eigenvalue weighted by atomic mass is 10.1. The third kappa shape index (κ3) is 3.63. The molecule has 1 aliphatic rings. The Morgan fingerprint density at radius 3 is 3.05 bits per heavy atom. The average Bonchev–Trinajstić information content (AvgIpc) is 2.95. The Kier molecular flexibility index (Phi) is 5.76. The van der Waals surface area contributed by atoms with Gasteiger partial charge in [0.2, 0.25) is 0 Å². The fourth-order valence-electron chi connectivity index (χ4n) is 2.79. The number of oxime groups is 1. The first-order chi connectivity index (χ1) is 10.2. The molecule has 0 spiro atoms. The quantitative estimate of drug-likeness (QED) is 0.277. The highest BCUT2D eigenvalue weighted by atomic mass is 32.2. The van der Waals surface area contributed by atoms with Crippen molar-refractivity contribution in [2.24, 2.45) is 16.8 Å². The zero-order valence-corrected chi connectivity index (χ0v) is 13.4. The summed E-state index contributed by atoms with van der Waals surface area (Å²) in [4.78, 5) is 3.36. The normalized spacial score (nSPS) is 19.2. The van der Waals surface area contributed by atoms with E-state index in [4.69, 9.17) is 15.7 Å². The Bertz CT molecular complexity index is 508. The van der Waals surface area contributed by atoms with Gasteiger partial charge in [-0.25, -0.2) is 0 Å². The fraction of sp³-hybridized carbons (Fsp3) is 0.533. The van der Waals surface area contributed by atoms with Crippen LogP contribution < -0.4 is 10.6 Å². The molecule has 1 unspecified atom stereocenters. The minimum absolute atomic E-state index is 0.178. The van der Waals surface area contributed by atoms with Crippen LogP contribution in [0.15, 0.2) is 28.3 Å². The smallest absolute Gasteiger partial charge is 0.173 e. The molecule has 1 saturated heterocycles. The molecular weight excluding hydrogens is 286 g/mol. The zero-order valence-electron chi connectivity index (χ0n) is 12.6. The third-order valence-corrected chi connectivity index (χ3v) is 4.64. The lowest BCUT2D eigenvalue weighted by molar-refractivity contribution is 0.161. The molecule has 0 bridgehead atoms. The zero-order chi connectivity index (χ0) is 15.2. The topological polar surface area (TPSA) is 71.1 Å². The predicted octanol–water partition coefficient (Wildman–Crippen LogP) is 2.37. The van der Waals surface area contributed by atoms with E-state index in [0.717, 1.165) is 48.0 Å². The highest BCUT2D eigenvalue weighted by molar-refractivity contribution is 7.99. The van der Waals surface area contributed by atoms with Crippen LogP contribution in [0.1, 0.15) is 18.9 Å². The van der Waals surface area contributed by atoms with Gasteiger partial charge >= 0.3 is 0 Å². The molecule has 0 saturated carbocycles. The van der Waals surface area contributed by atoms with Crippen molar-refractivity contribution in [3.8, 4) is 0 Å². The molecule has 1 fully saturated rings. The molecule has 0 radical (unpaired) electrons. The number of thioether (sulfide) groups is 1. The number of hydrogen-bond donors (Lipinski definition) is 2. The molecule has 0 aliphatic carbocycles. The lowest BCUT2D eigenvalue weighted by Crippen LogP contribution is -2.26. The highest BCUT2D eigenvalue weighted by Crippen LogP contribution is 2.33. The number of amidine groups is 1. The molecule has 116 valence electrons. The maximum Gasteiger partial charge on any atom is 0.173 e. The molecule has 1 aromatic carbocycles. The van der Waals surface area contributed by atoms with E-state index in [0.29, 0.717) is 5.92 Å². The van der Waals surface area contributed by atoms with Gasteiger partial charge in [-0.3, -0.25) is 0 Å². The summed E-state index contributed by atoms with van der Waals surface area (Å²) in [6.07, 6.45) is 1.11. The van der Waals surface area contributed by atoms with Crippen molar-refractivity contribution in [2.45, 2.75) is 18.2 Å². The van der Waals surface area contributed by atoms with Gasteiger partial charge in [0, 0.05) is 36.7 Å². The van der Waals surface area contributed by atoms with Crippen molar-refractivity contribution < 1.29 is 9.94 Å². The number of nitrogens with two attached hydrogens (primary N) is 1. The standard InChI is InChI=1S/C15H23N3O2S/c1-3-21-13-6-4-5-12(14(13)15(16)17-19)18-8-7-11(9-18)10-20-2/h4-6,11,19H,3,7-10H2,1-2H3,(H2,16,17). The minimum Gasteiger partial charge on any atom is -0.409 e. The Morgan fingerprint density at radius 1 is 1.57 bits per heavy atom. The second-order valence-electron chi connectivity index (χ2n) is 5.12. The Hall–Kier alpha value is -1.40. The molecule has 0 amide bonds. The van der Waals surface area contributed by atoms with Crippen molar-refractivity contribution in [1.82, 2.24) is 0 Å². The molecule has 5 nitrogen and oxygen atoms in total. The van der Waals surface area contributed by atoms with Gasteiger partial charge in [0.25, 0.3) is 0 Å². The minimum atomic E-state index is 0.178. The van der Waals surface area contributed by atoms with E-state index < -0.39 is 0 Å². The molecule has 0 aromatic heterocycles. The molecule has 3 N–H and O–H groups in total. The molecular formula is C15H23N3O2S. The van der Waals surface area contributed by atoms with E-state index in [2.05, 4.69) is 17.0 Å². The summed E-state index contributed by atoms with van der Waals surface area (Å²) in [5.41, 5.74) is 7.80. The molecule has 2 rings (SSSR count). The fourth-order valence-corrected chi connectivity index (χ4v) is 3.63. The largest absolute Gasteiger partial charge is 0.409 e. The third-order valence-electron chi connectivity index (χ3n) is 3.70. The Morgan fingerprint density at radius 2 is 2.38 bits per heavy atom. The van der Waals surface area contributed by atoms with E-state index in [1.54, 1.807) is 18.9 Å². The van der Waals surface area contributed by atoms with Gasteiger partial charge in [-0.1, -0.05) is 18.1 Å². The van der Waals surface area contributed by atoms with Crippen molar-refractivity contribution in [2.75, 3.05) is 37.5 Å². The monoisotopic (exact) mass is 309 g/mol. The second-order valence-corrected chi connectivity index (χ2v) is 6.43. The van der Waals surface area contributed by atoms with Crippen LogP contribution in [-0.2, 0) is 4.74 Å². The van der Waals surface area contributed by atoms with Gasteiger partial charge in [-0.2, -0.15) is 0 Å². The molecule has 1 atom stereocenters. The summed E-state index contributed by atoms with van der Waals surface area (Å²) in [5, 5.41) is 12.3. The lowest BCUT2D eigenvalue weighted by Gasteiger charge is -2.23. The van der Waals surface area contributed by atoms with Gasteiger partial charge in [-0.05, 0) is 24.3 Å². The molecule has 1 aromatic rings. The SMILES string of the molecule is CCSc1cccc(N2CCC(COC)C2)c1/C(N)=N/O. The van der Waals surface area contributed by atoms with Crippen LogP contribution in [0.5, 0.6) is 0 Å².